The van der Waals surface area contributed by atoms with E-state index < -0.39 is 11.6 Å². The highest BCUT2D eigenvalue weighted by Crippen LogP contribution is 2.27. The quantitative estimate of drug-likeness (QED) is 0.837. The summed E-state index contributed by atoms with van der Waals surface area (Å²) in [6.07, 6.45) is 2.39. The molecule has 0 aliphatic carbocycles. The molecule has 0 saturated heterocycles. The van der Waals surface area contributed by atoms with Gasteiger partial charge in [-0.1, -0.05) is 19.9 Å². The van der Waals surface area contributed by atoms with Crippen LogP contribution in [0.2, 0.25) is 0 Å². The molecule has 0 bridgehead atoms. The fourth-order valence-corrected chi connectivity index (χ4v) is 1.90. The Kier molecular flexibility index (Phi) is 4.63. The van der Waals surface area contributed by atoms with E-state index >= 15 is 0 Å². The van der Waals surface area contributed by atoms with Gasteiger partial charge in [0.05, 0.1) is 0 Å². The normalized spacial score (nSPS) is 11.9. The maximum atomic E-state index is 13.5. The molecule has 96 valence electrons. The number of benzene rings is 1. The summed E-state index contributed by atoms with van der Waals surface area (Å²) in [7, 11) is 0. The van der Waals surface area contributed by atoms with Gasteiger partial charge in [0.2, 0.25) is 0 Å². The maximum Gasteiger partial charge on any atom is 0.129 e. The van der Waals surface area contributed by atoms with Gasteiger partial charge in [-0.3, -0.25) is 0 Å². The molecule has 0 aliphatic rings. The van der Waals surface area contributed by atoms with Crippen LogP contribution in [-0.2, 0) is 6.42 Å². The van der Waals surface area contributed by atoms with Crippen LogP contribution >= 0.6 is 0 Å². The summed E-state index contributed by atoms with van der Waals surface area (Å²) >= 11 is 0. The van der Waals surface area contributed by atoms with Crippen LogP contribution in [0.15, 0.2) is 12.1 Å². The third-order valence-electron chi connectivity index (χ3n) is 3.22. The Hall–Kier alpha value is -0.960. The second-order valence-electron chi connectivity index (χ2n) is 5.40. The van der Waals surface area contributed by atoms with Crippen LogP contribution < -0.4 is 5.73 Å². The van der Waals surface area contributed by atoms with Crippen molar-refractivity contribution in [2.75, 3.05) is 6.54 Å². The molecule has 0 heterocycles. The molecule has 1 nitrogen and oxygen atoms in total. The zero-order chi connectivity index (χ0) is 13.1. The molecule has 0 aromatic heterocycles. The van der Waals surface area contributed by atoms with E-state index in [1.54, 1.807) is 13.0 Å². The van der Waals surface area contributed by atoms with Crippen molar-refractivity contribution < 1.29 is 8.78 Å². The standard InChI is InChI=1S/C14H21F2N/c1-10-8-11(13(16)9-12(10)15)4-5-14(2,3)6-7-17/h8-9H,4-7,17H2,1-3H3. The lowest BCUT2D eigenvalue weighted by Crippen LogP contribution is -2.18. The first-order chi connectivity index (χ1) is 7.85. The molecule has 0 unspecified atom stereocenters. The van der Waals surface area contributed by atoms with E-state index in [0.29, 0.717) is 24.1 Å². The van der Waals surface area contributed by atoms with Crippen molar-refractivity contribution in [3.8, 4) is 0 Å². The molecule has 0 spiro atoms. The van der Waals surface area contributed by atoms with Gasteiger partial charge in [-0.15, -0.1) is 0 Å². The SMILES string of the molecule is Cc1cc(CCC(C)(C)CCN)c(F)cc1F. The summed E-state index contributed by atoms with van der Waals surface area (Å²) in [6.45, 7) is 6.53. The van der Waals surface area contributed by atoms with E-state index in [2.05, 4.69) is 13.8 Å². The van der Waals surface area contributed by atoms with Crippen molar-refractivity contribution in [2.24, 2.45) is 11.1 Å². The Bertz CT molecular complexity index is 386. The first-order valence-corrected chi connectivity index (χ1v) is 6.00. The fraction of sp³-hybridized carbons (Fsp3) is 0.571. The van der Waals surface area contributed by atoms with E-state index in [1.165, 1.54) is 0 Å². The molecule has 0 atom stereocenters. The van der Waals surface area contributed by atoms with Gasteiger partial charge in [0.25, 0.3) is 0 Å². The average molecular weight is 241 g/mol. The Morgan fingerprint density at radius 1 is 1.12 bits per heavy atom. The van der Waals surface area contributed by atoms with E-state index in [1.807, 2.05) is 0 Å². The van der Waals surface area contributed by atoms with Gasteiger partial charge in [-0.05, 0) is 49.3 Å². The molecule has 2 N–H and O–H groups in total. The molecule has 0 fully saturated rings. The molecule has 0 radical (unpaired) electrons. The third-order valence-corrected chi connectivity index (χ3v) is 3.22. The monoisotopic (exact) mass is 241 g/mol. The minimum absolute atomic E-state index is 0.101. The number of hydrogen-bond acceptors (Lipinski definition) is 1. The van der Waals surface area contributed by atoms with Crippen LogP contribution in [-0.4, -0.2) is 6.54 Å². The Balaban J connectivity index is 2.73. The van der Waals surface area contributed by atoms with E-state index in [9.17, 15) is 8.78 Å². The van der Waals surface area contributed by atoms with Gasteiger partial charge in [0, 0.05) is 6.07 Å². The molecular formula is C14H21F2N. The number of rotatable bonds is 5. The van der Waals surface area contributed by atoms with Crippen LogP contribution in [0.4, 0.5) is 8.78 Å². The summed E-state index contributed by atoms with van der Waals surface area (Å²) in [5.74, 6) is -0.927. The van der Waals surface area contributed by atoms with Crippen LogP contribution in [0, 0.1) is 24.0 Å². The lowest BCUT2D eigenvalue weighted by Gasteiger charge is -2.23. The fourth-order valence-electron chi connectivity index (χ4n) is 1.90. The topological polar surface area (TPSA) is 26.0 Å². The second-order valence-corrected chi connectivity index (χ2v) is 5.40. The number of halogens is 2. The molecule has 0 aliphatic heterocycles. The minimum atomic E-state index is -0.479. The molecule has 1 aromatic rings. The predicted octanol–water partition coefficient (Wildman–Crippen LogP) is 3.58. The highest BCUT2D eigenvalue weighted by atomic mass is 19.1. The van der Waals surface area contributed by atoms with Crippen LogP contribution in [0.1, 0.15) is 37.8 Å². The number of hydrogen-bond donors (Lipinski definition) is 1. The minimum Gasteiger partial charge on any atom is -0.330 e. The van der Waals surface area contributed by atoms with E-state index in [4.69, 9.17) is 5.73 Å². The molecule has 3 heteroatoms. The first kappa shape index (κ1) is 14.1. The number of aryl methyl sites for hydroxylation is 2. The van der Waals surface area contributed by atoms with Crippen molar-refractivity contribution >= 4 is 0 Å². The molecule has 1 aromatic carbocycles. The van der Waals surface area contributed by atoms with Crippen LogP contribution in [0.3, 0.4) is 0 Å². The van der Waals surface area contributed by atoms with Gasteiger partial charge in [-0.2, -0.15) is 0 Å². The zero-order valence-corrected chi connectivity index (χ0v) is 10.8. The summed E-state index contributed by atoms with van der Waals surface area (Å²) in [4.78, 5) is 0. The average Bonchev–Trinajstić information content (AvgIpc) is 2.21. The smallest absolute Gasteiger partial charge is 0.129 e. The van der Waals surface area contributed by atoms with Gasteiger partial charge >= 0.3 is 0 Å². The van der Waals surface area contributed by atoms with Gasteiger partial charge in [0.1, 0.15) is 11.6 Å². The summed E-state index contributed by atoms with van der Waals surface area (Å²) in [5, 5.41) is 0. The zero-order valence-electron chi connectivity index (χ0n) is 10.8. The first-order valence-electron chi connectivity index (χ1n) is 6.00. The summed E-state index contributed by atoms with van der Waals surface area (Å²) in [5.41, 5.74) is 6.72. The second kappa shape index (κ2) is 5.58. The summed E-state index contributed by atoms with van der Waals surface area (Å²) < 4.78 is 26.6. The Labute approximate surface area is 102 Å². The van der Waals surface area contributed by atoms with Crippen molar-refractivity contribution in [3.05, 3.63) is 34.9 Å². The molecule has 0 saturated carbocycles. The Morgan fingerprint density at radius 3 is 2.35 bits per heavy atom. The highest BCUT2D eigenvalue weighted by Gasteiger charge is 2.18. The number of nitrogens with two attached hydrogens (primary N) is 1. The molecule has 0 amide bonds. The molecular weight excluding hydrogens is 220 g/mol. The van der Waals surface area contributed by atoms with Gasteiger partial charge in [-0.25, -0.2) is 8.78 Å². The van der Waals surface area contributed by atoms with E-state index in [-0.39, 0.29) is 5.41 Å². The third kappa shape index (κ3) is 4.08. The van der Waals surface area contributed by atoms with Crippen molar-refractivity contribution in [2.45, 2.75) is 40.0 Å². The van der Waals surface area contributed by atoms with E-state index in [0.717, 1.165) is 18.9 Å². The Morgan fingerprint density at radius 2 is 1.76 bits per heavy atom. The largest absolute Gasteiger partial charge is 0.330 e. The lowest BCUT2D eigenvalue weighted by atomic mass is 9.83. The molecule has 17 heavy (non-hydrogen) atoms. The molecule has 1 rings (SSSR count). The van der Waals surface area contributed by atoms with Crippen molar-refractivity contribution in [1.82, 2.24) is 0 Å². The maximum absolute atomic E-state index is 13.5. The van der Waals surface area contributed by atoms with Crippen molar-refractivity contribution in [1.29, 1.82) is 0 Å². The van der Waals surface area contributed by atoms with Crippen LogP contribution in [0.5, 0.6) is 0 Å². The lowest BCUT2D eigenvalue weighted by molar-refractivity contribution is 0.312. The van der Waals surface area contributed by atoms with Gasteiger partial charge < -0.3 is 5.73 Å². The highest BCUT2D eigenvalue weighted by molar-refractivity contribution is 5.25. The predicted molar refractivity (Wildman–Crippen MR) is 66.9 cm³/mol. The van der Waals surface area contributed by atoms with Crippen molar-refractivity contribution in [3.63, 3.8) is 0 Å². The van der Waals surface area contributed by atoms with Crippen LogP contribution in [0.25, 0.3) is 0 Å². The van der Waals surface area contributed by atoms with Gasteiger partial charge in [0.15, 0.2) is 0 Å². The summed E-state index contributed by atoms with van der Waals surface area (Å²) in [6, 6.07) is 2.57.